The van der Waals surface area contributed by atoms with E-state index in [0.29, 0.717) is 23.3 Å². The van der Waals surface area contributed by atoms with Crippen molar-refractivity contribution in [2.75, 3.05) is 13.6 Å². The van der Waals surface area contributed by atoms with E-state index < -0.39 is 5.79 Å². The van der Waals surface area contributed by atoms with E-state index in [1.54, 1.807) is 6.08 Å². The Bertz CT molecular complexity index is 860. The third kappa shape index (κ3) is 1.64. The highest BCUT2D eigenvalue weighted by atomic mass is 16.8. The van der Waals surface area contributed by atoms with E-state index in [0.717, 1.165) is 23.5 Å². The third-order valence-corrected chi connectivity index (χ3v) is 6.94. The summed E-state index contributed by atoms with van der Waals surface area (Å²) in [4.78, 5) is 12.8. The van der Waals surface area contributed by atoms with Crippen LogP contribution in [0, 0.1) is 23.7 Å². The molecule has 136 valence electrons. The van der Waals surface area contributed by atoms with Crippen LogP contribution >= 0.6 is 0 Å². The average Bonchev–Trinajstić information content (AvgIpc) is 3.23. The van der Waals surface area contributed by atoms with Gasteiger partial charge in [0, 0.05) is 35.5 Å². The first-order chi connectivity index (χ1) is 12.6. The van der Waals surface area contributed by atoms with Crippen LogP contribution in [0.15, 0.2) is 24.0 Å². The van der Waals surface area contributed by atoms with Crippen molar-refractivity contribution in [1.29, 1.82) is 0 Å². The summed E-state index contributed by atoms with van der Waals surface area (Å²) in [5.74, 6) is 2.54. The second kappa shape index (κ2) is 4.74. The zero-order valence-electron chi connectivity index (χ0n) is 14.7. The normalized spacial score (nSPS) is 41.4. The van der Waals surface area contributed by atoms with E-state index in [1.807, 2.05) is 12.1 Å². The van der Waals surface area contributed by atoms with Gasteiger partial charge in [0.05, 0.1) is 0 Å². The molecule has 2 aliphatic carbocycles. The molecule has 1 saturated heterocycles. The van der Waals surface area contributed by atoms with Crippen LogP contribution in [-0.2, 0) is 14.3 Å². The molecule has 1 unspecified atom stereocenters. The smallest absolute Gasteiger partial charge is 0.276 e. The van der Waals surface area contributed by atoms with Crippen LogP contribution in [0.2, 0.25) is 0 Å². The first kappa shape index (κ1) is 14.9. The van der Waals surface area contributed by atoms with Crippen molar-refractivity contribution in [3.05, 3.63) is 29.5 Å². The second-order valence-corrected chi connectivity index (χ2v) is 8.06. The molecule has 3 aliphatic heterocycles. The van der Waals surface area contributed by atoms with Crippen molar-refractivity contribution in [2.24, 2.45) is 23.7 Å². The van der Waals surface area contributed by atoms with Gasteiger partial charge in [-0.15, -0.1) is 0 Å². The summed E-state index contributed by atoms with van der Waals surface area (Å²) in [7, 11) is 0. The molecule has 6 rings (SSSR count). The number of fused-ring (bicyclic) bond motifs is 3. The first-order valence-electron chi connectivity index (χ1n) is 9.24. The fraction of sp³-hybridized carbons (Fsp3) is 0.550. The number of benzene rings is 1. The molecule has 0 N–H and O–H groups in total. The van der Waals surface area contributed by atoms with Crippen molar-refractivity contribution in [3.8, 4) is 17.2 Å². The number of hydrogen-bond donors (Lipinski definition) is 0. The Morgan fingerprint density at radius 1 is 1.04 bits per heavy atom. The first-order valence-corrected chi connectivity index (χ1v) is 9.24. The van der Waals surface area contributed by atoms with Crippen molar-refractivity contribution in [1.82, 2.24) is 0 Å². The van der Waals surface area contributed by atoms with Crippen molar-refractivity contribution < 1.29 is 28.5 Å². The van der Waals surface area contributed by atoms with Crippen LogP contribution in [0.25, 0.3) is 0 Å². The third-order valence-electron chi connectivity index (χ3n) is 6.94. The molecule has 0 bridgehead atoms. The highest BCUT2D eigenvalue weighted by molar-refractivity contribution is 5.94. The Kier molecular flexibility index (Phi) is 2.72. The highest BCUT2D eigenvalue weighted by Crippen LogP contribution is 2.63. The molecular weight excluding hydrogens is 336 g/mol. The minimum Gasteiger partial charge on any atom is -0.465 e. The van der Waals surface area contributed by atoms with Gasteiger partial charge in [-0.3, -0.25) is 9.53 Å². The summed E-state index contributed by atoms with van der Waals surface area (Å²) in [6.07, 6.45) is 2.44. The van der Waals surface area contributed by atoms with Crippen LogP contribution in [0.3, 0.4) is 0 Å². The fourth-order valence-corrected chi connectivity index (χ4v) is 5.55. The maximum atomic E-state index is 12.8. The summed E-state index contributed by atoms with van der Waals surface area (Å²) >= 11 is 0. The average molecular weight is 356 g/mol. The quantitative estimate of drug-likeness (QED) is 0.712. The Labute approximate surface area is 151 Å². The number of ether oxygens (including phenoxy) is 5. The van der Waals surface area contributed by atoms with E-state index in [1.165, 1.54) is 0 Å². The predicted octanol–water partition coefficient (Wildman–Crippen LogP) is 2.97. The summed E-state index contributed by atoms with van der Waals surface area (Å²) in [6, 6.07) is 3.92. The second-order valence-electron chi connectivity index (χ2n) is 8.06. The molecule has 1 spiro atoms. The Hall–Kier alpha value is -2.21. The molecule has 2 fully saturated rings. The van der Waals surface area contributed by atoms with Gasteiger partial charge in [0.15, 0.2) is 29.8 Å². The van der Waals surface area contributed by atoms with Gasteiger partial charge in [-0.2, -0.15) is 0 Å². The van der Waals surface area contributed by atoms with E-state index in [2.05, 4.69) is 13.8 Å². The number of allylic oxidation sites excluding steroid dienone is 1. The largest absolute Gasteiger partial charge is 0.465 e. The van der Waals surface area contributed by atoms with Gasteiger partial charge in [-0.25, -0.2) is 0 Å². The molecule has 0 amide bonds. The minimum absolute atomic E-state index is 0.0865. The summed E-state index contributed by atoms with van der Waals surface area (Å²) in [5.41, 5.74) is 1.08. The molecule has 6 nitrogen and oxygen atoms in total. The lowest BCUT2D eigenvalue weighted by Crippen LogP contribution is -2.60. The summed E-state index contributed by atoms with van der Waals surface area (Å²) < 4.78 is 29.3. The molecule has 1 aromatic carbocycles. The number of ketones is 1. The molecule has 1 aromatic rings. The van der Waals surface area contributed by atoms with Crippen LogP contribution in [-0.4, -0.2) is 25.2 Å². The lowest BCUT2D eigenvalue weighted by Gasteiger charge is -2.54. The van der Waals surface area contributed by atoms with E-state index in [4.69, 9.17) is 23.7 Å². The highest BCUT2D eigenvalue weighted by Gasteiger charge is 2.66. The number of carbonyl (C=O) groups is 1. The lowest BCUT2D eigenvalue weighted by atomic mass is 9.55. The molecule has 6 atom stereocenters. The Morgan fingerprint density at radius 3 is 2.69 bits per heavy atom. The summed E-state index contributed by atoms with van der Waals surface area (Å²) in [6.45, 7) is 4.82. The Balaban J connectivity index is 1.61. The predicted molar refractivity (Wildman–Crippen MR) is 88.7 cm³/mol. The van der Waals surface area contributed by atoms with Crippen LogP contribution in [0.4, 0.5) is 0 Å². The van der Waals surface area contributed by atoms with Gasteiger partial charge in [0.1, 0.15) is 5.75 Å². The molecular formula is C20H20O6. The number of hydrogen-bond acceptors (Lipinski definition) is 6. The molecule has 5 aliphatic rings. The zero-order chi connectivity index (χ0) is 17.6. The van der Waals surface area contributed by atoms with Gasteiger partial charge >= 0.3 is 0 Å². The molecule has 0 aromatic heterocycles. The molecule has 0 radical (unpaired) electrons. The molecule has 6 heteroatoms. The maximum Gasteiger partial charge on any atom is 0.276 e. The molecule has 3 heterocycles. The minimum atomic E-state index is -1.00. The SMILES string of the molecule is C[C@H]1[C@@H]2c3cc4c(cc3O[C@]35OCOC3=CC(=O)C(C[C@@H]1C)[C@H]25)OCO4. The lowest BCUT2D eigenvalue weighted by molar-refractivity contribution is -0.212. The molecule has 26 heavy (non-hydrogen) atoms. The fourth-order valence-electron chi connectivity index (χ4n) is 5.55. The van der Waals surface area contributed by atoms with Gasteiger partial charge < -0.3 is 18.9 Å². The van der Waals surface area contributed by atoms with Crippen LogP contribution in [0.5, 0.6) is 17.2 Å². The van der Waals surface area contributed by atoms with Gasteiger partial charge in [-0.05, 0) is 24.3 Å². The van der Waals surface area contributed by atoms with Crippen molar-refractivity contribution >= 4 is 5.78 Å². The van der Waals surface area contributed by atoms with Gasteiger partial charge in [0.25, 0.3) is 5.79 Å². The Morgan fingerprint density at radius 2 is 1.85 bits per heavy atom. The van der Waals surface area contributed by atoms with Gasteiger partial charge in [0.2, 0.25) is 6.79 Å². The number of carbonyl (C=O) groups excluding carboxylic acids is 1. The standard InChI is InChI=1S/C20H20O6/c1-9-3-11-13(21)5-17-20(25-8-24-17)19(11)18(10(9)2)12-4-15-16(23-7-22-15)6-14(12)26-20/h4-6,9-11,18-19H,3,7-8H2,1-2H3/t9-,10+,11?,18+,19+,20+/m0/s1. The number of rotatable bonds is 0. The maximum absolute atomic E-state index is 12.8. The van der Waals surface area contributed by atoms with Gasteiger partial charge in [-0.1, -0.05) is 13.8 Å². The van der Waals surface area contributed by atoms with E-state index in [9.17, 15) is 4.79 Å². The van der Waals surface area contributed by atoms with E-state index in [-0.39, 0.29) is 37.1 Å². The van der Waals surface area contributed by atoms with Crippen molar-refractivity contribution in [2.45, 2.75) is 32.0 Å². The van der Waals surface area contributed by atoms with Crippen molar-refractivity contribution in [3.63, 3.8) is 0 Å². The topological polar surface area (TPSA) is 63.2 Å². The zero-order valence-corrected chi connectivity index (χ0v) is 14.7. The van der Waals surface area contributed by atoms with Crippen LogP contribution < -0.4 is 14.2 Å². The molecule has 1 saturated carbocycles. The monoisotopic (exact) mass is 356 g/mol. The van der Waals surface area contributed by atoms with E-state index >= 15 is 0 Å². The summed E-state index contributed by atoms with van der Waals surface area (Å²) in [5, 5.41) is 0. The van der Waals surface area contributed by atoms with Crippen LogP contribution in [0.1, 0.15) is 31.7 Å².